The highest BCUT2D eigenvalue weighted by Gasteiger charge is 2.04. The topological polar surface area (TPSA) is 22.2 Å². The van der Waals surface area contributed by atoms with Crippen molar-refractivity contribution in [2.75, 3.05) is 0 Å². The van der Waals surface area contributed by atoms with E-state index >= 15 is 0 Å². The average molecular weight is 322 g/mol. The molecule has 0 aliphatic carbocycles. The molecule has 1 aromatic heterocycles. The van der Waals surface area contributed by atoms with Crippen molar-refractivity contribution >= 4 is 17.3 Å². The molecule has 2 aromatic carbocycles. The second-order valence-corrected chi connectivity index (χ2v) is 5.12. The molecule has 3 aromatic rings. The molecule has 0 fully saturated rings. The third-order valence-corrected chi connectivity index (χ3v) is 3.24. The van der Waals surface area contributed by atoms with Gasteiger partial charge in [-0.05, 0) is 48.4 Å². The van der Waals surface area contributed by atoms with Crippen LogP contribution in [-0.4, -0.2) is 9.78 Å². The van der Waals surface area contributed by atoms with E-state index in [9.17, 15) is 4.39 Å². The second-order valence-electron chi connectivity index (χ2n) is 4.69. The molecule has 0 radical (unpaired) electrons. The Kier molecular flexibility index (Phi) is 4.10. The number of halogens is 2. The Hall–Kier alpha value is -3.08. The van der Waals surface area contributed by atoms with Gasteiger partial charge in [0.2, 0.25) is 0 Å². The smallest absolute Gasteiger partial charge is 0.192 e. The van der Waals surface area contributed by atoms with Crippen molar-refractivity contribution < 1.29 is 4.39 Å². The quantitative estimate of drug-likeness (QED) is 0.474. The van der Waals surface area contributed by atoms with Gasteiger partial charge in [-0.2, -0.15) is 5.10 Å². The Balaban J connectivity index is 1.90. The van der Waals surface area contributed by atoms with E-state index in [1.54, 1.807) is 30.5 Å². The number of aromatic nitrogens is 2. The lowest BCUT2D eigenvalue weighted by atomic mass is 10.2. The van der Waals surface area contributed by atoms with Crippen molar-refractivity contribution in [3.05, 3.63) is 88.2 Å². The lowest BCUT2D eigenvalue weighted by molar-refractivity contribution is 0.626. The molecule has 5 heteroatoms. The minimum Gasteiger partial charge on any atom is -0.241 e. The van der Waals surface area contributed by atoms with Crippen LogP contribution in [0.3, 0.4) is 0 Å². The number of rotatable bonds is 1. The maximum absolute atomic E-state index is 13.5. The molecule has 3 nitrogen and oxygen atoms in total. The Morgan fingerprint density at radius 3 is 2.78 bits per heavy atom. The molecule has 1 heterocycles. The summed E-state index contributed by atoms with van der Waals surface area (Å²) < 4.78 is 15.0. The van der Waals surface area contributed by atoms with Gasteiger partial charge in [0.25, 0.3) is 0 Å². The van der Waals surface area contributed by atoms with Crippen LogP contribution in [0.1, 0.15) is 11.3 Å². The van der Waals surface area contributed by atoms with Crippen LogP contribution in [0, 0.1) is 24.2 Å². The molecular formula is C18H9ClFN3. The van der Waals surface area contributed by atoms with Crippen molar-refractivity contribution in [2.45, 2.75) is 0 Å². The van der Waals surface area contributed by atoms with Crippen LogP contribution >= 0.6 is 11.6 Å². The first-order chi connectivity index (χ1) is 11.1. The highest BCUT2D eigenvalue weighted by Crippen LogP contribution is 2.19. The van der Waals surface area contributed by atoms with Crippen molar-refractivity contribution in [3.8, 4) is 17.5 Å². The predicted octanol–water partition coefficient (Wildman–Crippen LogP) is 4.62. The first-order valence-corrected chi connectivity index (χ1v) is 7.03. The van der Waals surface area contributed by atoms with Gasteiger partial charge in [-0.25, -0.2) is 13.9 Å². The van der Waals surface area contributed by atoms with Crippen molar-refractivity contribution in [3.63, 3.8) is 0 Å². The first kappa shape index (κ1) is 14.8. The number of hydrogen-bond acceptors (Lipinski definition) is 1. The molecule has 23 heavy (non-hydrogen) atoms. The monoisotopic (exact) mass is 321 g/mol. The van der Waals surface area contributed by atoms with Crippen molar-refractivity contribution in [1.82, 2.24) is 9.78 Å². The van der Waals surface area contributed by atoms with Gasteiger partial charge in [0.15, 0.2) is 5.69 Å². The fourth-order valence-corrected chi connectivity index (χ4v) is 2.18. The molecular weight excluding hydrogens is 313 g/mol. The van der Waals surface area contributed by atoms with Crippen LogP contribution in [0.5, 0.6) is 0 Å². The van der Waals surface area contributed by atoms with Gasteiger partial charge in [-0.15, -0.1) is 0 Å². The maximum Gasteiger partial charge on any atom is 0.192 e. The van der Waals surface area contributed by atoms with Crippen LogP contribution in [-0.2, 0) is 0 Å². The zero-order chi connectivity index (χ0) is 16.2. The van der Waals surface area contributed by atoms with Crippen molar-refractivity contribution in [2.24, 2.45) is 0 Å². The fraction of sp³-hybridized carbons (Fsp3) is 0. The Bertz CT molecular complexity index is 974. The molecule has 0 aliphatic heterocycles. The number of benzene rings is 2. The third-order valence-electron chi connectivity index (χ3n) is 3.01. The van der Waals surface area contributed by atoms with E-state index in [-0.39, 0.29) is 5.69 Å². The van der Waals surface area contributed by atoms with Crippen LogP contribution in [0.4, 0.5) is 10.1 Å². The minimum atomic E-state index is -0.476. The Morgan fingerprint density at radius 2 is 2.00 bits per heavy atom. The molecule has 0 atom stereocenters. The van der Waals surface area contributed by atoms with Gasteiger partial charge in [-0.3, -0.25) is 0 Å². The largest absolute Gasteiger partial charge is 0.241 e. The predicted molar refractivity (Wildman–Crippen MR) is 87.2 cm³/mol. The molecule has 0 saturated carbocycles. The molecule has 0 spiro atoms. The normalized spacial score (nSPS) is 9.78. The van der Waals surface area contributed by atoms with Gasteiger partial charge >= 0.3 is 0 Å². The fourth-order valence-electron chi connectivity index (χ4n) is 1.99. The number of hydrogen-bond donors (Lipinski definition) is 0. The molecule has 3 rings (SSSR count). The summed E-state index contributed by atoms with van der Waals surface area (Å²) in [5.41, 5.74) is 2.03. The third kappa shape index (κ3) is 3.58. The SMILES string of the molecule is [C-]#[N+]c1cc(F)cc(-n2ccc(C#Cc3cccc(Cl)c3)n2)c1. The standard InChI is InChI=1S/C18H9ClFN3/c1-21-17-10-15(20)11-18(12-17)23-8-7-16(22-23)6-5-13-3-2-4-14(19)9-13/h2-4,7-12H. The van der Waals surface area contributed by atoms with E-state index in [0.717, 1.165) is 5.56 Å². The lowest BCUT2D eigenvalue weighted by Crippen LogP contribution is -1.95. The summed E-state index contributed by atoms with van der Waals surface area (Å²) in [7, 11) is 0. The van der Waals surface area contributed by atoms with E-state index in [2.05, 4.69) is 21.8 Å². The lowest BCUT2D eigenvalue weighted by Gasteiger charge is -2.01. The first-order valence-electron chi connectivity index (χ1n) is 6.66. The van der Waals surface area contributed by atoms with Crippen LogP contribution in [0.2, 0.25) is 5.02 Å². The number of nitrogens with zero attached hydrogens (tertiary/aromatic N) is 3. The van der Waals surface area contributed by atoms with Gasteiger partial charge in [-0.1, -0.05) is 23.6 Å². The Morgan fingerprint density at radius 1 is 1.13 bits per heavy atom. The van der Waals surface area contributed by atoms with Crippen molar-refractivity contribution in [1.29, 1.82) is 0 Å². The minimum absolute atomic E-state index is 0.224. The molecule has 0 N–H and O–H groups in total. The maximum atomic E-state index is 13.5. The summed E-state index contributed by atoms with van der Waals surface area (Å²) >= 11 is 5.91. The zero-order valence-electron chi connectivity index (χ0n) is 11.8. The summed E-state index contributed by atoms with van der Waals surface area (Å²) in [6.45, 7) is 6.98. The van der Waals surface area contributed by atoms with Crippen LogP contribution in [0.25, 0.3) is 10.5 Å². The highest BCUT2D eigenvalue weighted by atomic mass is 35.5. The molecule has 0 aliphatic rings. The highest BCUT2D eigenvalue weighted by molar-refractivity contribution is 6.30. The van der Waals surface area contributed by atoms with Gasteiger partial charge in [0.05, 0.1) is 12.3 Å². The van der Waals surface area contributed by atoms with Crippen LogP contribution < -0.4 is 0 Å². The molecule has 0 amide bonds. The Labute approximate surface area is 137 Å². The summed E-state index contributed by atoms with van der Waals surface area (Å²) in [4.78, 5) is 3.24. The zero-order valence-corrected chi connectivity index (χ0v) is 12.5. The van der Waals surface area contributed by atoms with E-state index in [1.165, 1.54) is 16.8 Å². The van der Waals surface area contributed by atoms with Crippen LogP contribution in [0.15, 0.2) is 54.7 Å². The van der Waals surface area contributed by atoms with E-state index in [4.69, 9.17) is 18.2 Å². The second kappa shape index (κ2) is 6.36. The van der Waals surface area contributed by atoms with E-state index < -0.39 is 5.82 Å². The van der Waals surface area contributed by atoms with E-state index in [1.807, 2.05) is 12.1 Å². The molecule has 0 bridgehead atoms. The molecule has 0 unspecified atom stereocenters. The molecule has 0 saturated heterocycles. The van der Waals surface area contributed by atoms with Gasteiger partial charge in [0, 0.05) is 16.8 Å². The average Bonchev–Trinajstić information content (AvgIpc) is 3.01. The molecule has 110 valence electrons. The summed E-state index contributed by atoms with van der Waals surface area (Å²) in [6.07, 6.45) is 1.67. The van der Waals surface area contributed by atoms with E-state index in [0.29, 0.717) is 16.4 Å². The van der Waals surface area contributed by atoms with Gasteiger partial charge < -0.3 is 0 Å². The van der Waals surface area contributed by atoms with Gasteiger partial charge in [0.1, 0.15) is 11.5 Å². The summed E-state index contributed by atoms with van der Waals surface area (Å²) in [6, 6.07) is 13.0. The summed E-state index contributed by atoms with van der Waals surface area (Å²) in [5.74, 6) is 5.42. The summed E-state index contributed by atoms with van der Waals surface area (Å²) in [5, 5.41) is 4.89.